The molecule has 1 aliphatic rings. The minimum absolute atomic E-state index is 0.176. The van der Waals surface area contributed by atoms with Gasteiger partial charge in [0, 0.05) is 6.07 Å². The Morgan fingerprint density at radius 2 is 1.95 bits per heavy atom. The summed E-state index contributed by atoms with van der Waals surface area (Å²) in [4.78, 5) is 0. The second kappa shape index (κ2) is 8.25. The van der Waals surface area contributed by atoms with Gasteiger partial charge in [-0.2, -0.15) is 0 Å². The molecule has 1 aromatic rings. The summed E-state index contributed by atoms with van der Waals surface area (Å²) in [6.07, 6.45) is 6.87. The van der Waals surface area contributed by atoms with Gasteiger partial charge < -0.3 is 10.1 Å². The summed E-state index contributed by atoms with van der Waals surface area (Å²) in [6.45, 7) is 4.93. The van der Waals surface area contributed by atoms with E-state index < -0.39 is 0 Å². The van der Waals surface area contributed by atoms with Crippen molar-refractivity contribution in [3.8, 4) is 5.75 Å². The van der Waals surface area contributed by atoms with Crippen LogP contribution in [0.4, 0.5) is 4.39 Å². The van der Waals surface area contributed by atoms with Gasteiger partial charge >= 0.3 is 0 Å². The zero-order valence-electron chi connectivity index (χ0n) is 12.5. The number of rotatable bonds is 7. The molecule has 1 N–H and O–H groups in total. The van der Waals surface area contributed by atoms with E-state index in [9.17, 15) is 4.39 Å². The van der Waals surface area contributed by atoms with Crippen molar-refractivity contribution in [3.63, 3.8) is 0 Å². The number of nitrogens with one attached hydrogen (secondary N) is 1. The minimum Gasteiger partial charge on any atom is -0.493 e. The largest absolute Gasteiger partial charge is 0.493 e. The highest BCUT2D eigenvalue weighted by Crippen LogP contribution is 2.29. The summed E-state index contributed by atoms with van der Waals surface area (Å²) in [5, 5.41) is 3.34. The predicted molar refractivity (Wildman–Crippen MR) is 80.9 cm³/mol. The maximum atomic E-state index is 13.7. The van der Waals surface area contributed by atoms with Gasteiger partial charge in [0.05, 0.1) is 6.61 Å². The summed E-state index contributed by atoms with van der Waals surface area (Å²) in [5.41, 5.74) is 1.09. The third-order valence-corrected chi connectivity index (χ3v) is 3.97. The molecule has 0 bridgehead atoms. The molecule has 0 spiro atoms. The van der Waals surface area contributed by atoms with Crippen LogP contribution in [0.5, 0.6) is 5.75 Å². The first-order valence-electron chi connectivity index (χ1n) is 7.93. The maximum absolute atomic E-state index is 13.7. The quantitative estimate of drug-likeness (QED) is 0.753. The lowest BCUT2D eigenvalue weighted by atomic mass is 9.90. The Hall–Kier alpha value is -1.09. The highest BCUT2D eigenvalue weighted by atomic mass is 19.1. The molecular formula is C17H26FNO. The van der Waals surface area contributed by atoms with E-state index in [1.165, 1.54) is 25.3 Å². The van der Waals surface area contributed by atoms with E-state index in [1.807, 2.05) is 6.07 Å². The zero-order valence-corrected chi connectivity index (χ0v) is 12.5. The zero-order chi connectivity index (χ0) is 14.2. The molecule has 1 aliphatic heterocycles. The van der Waals surface area contributed by atoms with Crippen LogP contribution in [0.1, 0.15) is 56.9 Å². The van der Waals surface area contributed by atoms with Gasteiger partial charge in [-0.3, -0.25) is 0 Å². The van der Waals surface area contributed by atoms with Gasteiger partial charge in [0.25, 0.3) is 0 Å². The Kier molecular flexibility index (Phi) is 6.31. The predicted octanol–water partition coefficient (Wildman–Crippen LogP) is 4.25. The lowest BCUT2D eigenvalue weighted by molar-refractivity contribution is 0.302. The van der Waals surface area contributed by atoms with Crippen LogP contribution in [-0.4, -0.2) is 19.7 Å². The number of hydrogen-bond donors (Lipinski definition) is 1. The summed E-state index contributed by atoms with van der Waals surface area (Å²) >= 11 is 0. The second-order valence-electron chi connectivity index (χ2n) is 5.65. The van der Waals surface area contributed by atoms with Gasteiger partial charge in [0.15, 0.2) is 0 Å². The molecule has 2 rings (SSSR count). The fourth-order valence-electron chi connectivity index (χ4n) is 2.78. The van der Waals surface area contributed by atoms with Gasteiger partial charge in [-0.25, -0.2) is 4.39 Å². The van der Waals surface area contributed by atoms with E-state index in [0.29, 0.717) is 18.3 Å². The Balaban J connectivity index is 1.90. The maximum Gasteiger partial charge on any atom is 0.127 e. The molecule has 20 heavy (non-hydrogen) atoms. The fourth-order valence-corrected chi connectivity index (χ4v) is 2.78. The number of unbranched alkanes of at least 4 members (excludes halogenated alkanes) is 3. The molecule has 3 heteroatoms. The highest BCUT2D eigenvalue weighted by molar-refractivity contribution is 5.32. The van der Waals surface area contributed by atoms with Crippen molar-refractivity contribution < 1.29 is 9.13 Å². The fraction of sp³-hybridized carbons (Fsp3) is 0.647. The Bertz CT molecular complexity index is 402. The average molecular weight is 279 g/mol. The van der Waals surface area contributed by atoms with Crippen molar-refractivity contribution in [1.82, 2.24) is 5.32 Å². The van der Waals surface area contributed by atoms with E-state index in [2.05, 4.69) is 12.2 Å². The van der Waals surface area contributed by atoms with Crippen LogP contribution in [-0.2, 0) is 0 Å². The molecule has 2 nitrogen and oxygen atoms in total. The first-order valence-corrected chi connectivity index (χ1v) is 7.93. The lowest BCUT2D eigenvalue weighted by Crippen LogP contribution is -2.26. The Morgan fingerprint density at radius 3 is 2.70 bits per heavy atom. The molecule has 0 aliphatic carbocycles. The molecular weight excluding hydrogens is 253 g/mol. The number of ether oxygens (including phenoxy) is 1. The van der Waals surface area contributed by atoms with E-state index >= 15 is 0 Å². The van der Waals surface area contributed by atoms with Crippen molar-refractivity contribution >= 4 is 0 Å². The van der Waals surface area contributed by atoms with Crippen LogP contribution in [0, 0.1) is 5.82 Å². The second-order valence-corrected chi connectivity index (χ2v) is 5.65. The van der Waals surface area contributed by atoms with Crippen LogP contribution in [0.15, 0.2) is 18.2 Å². The van der Waals surface area contributed by atoms with Crippen molar-refractivity contribution in [2.24, 2.45) is 0 Å². The molecule has 1 aromatic carbocycles. The molecule has 0 atom stereocenters. The van der Waals surface area contributed by atoms with Crippen LogP contribution in [0.25, 0.3) is 0 Å². The topological polar surface area (TPSA) is 21.3 Å². The van der Waals surface area contributed by atoms with Gasteiger partial charge in [-0.15, -0.1) is 0 Å². The molecule has 0 amide bonds. The number of halogens is 1. The summed E-state index contributed by atoms with van der Waals surface area (Å²) in [7, 11) is 0. The van der Waals surface area contributed by atoms with Gasteiger partial charge in [-0.05, 0) is 56.0 Å². The summed E-state index contributed by atoms with van der Waals surface area (Å²) in [6, 6.07) is 5.20. The molecule has 0 unspecified atom stereocenters. The Morgan fingerprint density at radius 1 is 1.15 bits per heavy atom. The van der Waals surface area contributed by atoms with Gasteiger partial charge in [-0.1, -0.05) is 26.2 Å². The van der Waals surface area contributed by atoms with E-state index in [0.717, 1.165) is 37.9 Å². The average Bonchev–Trinajstić information content (AvgIpc) is 2.47. The summed E-state index contributed by atoms with van der Waals surface area (Å²) in [5.74, 6) is 0.981. The van der Waals surface area contributed by atoms with Crippen LogP contribution in [0.2, 0.25) is 0 Å². The third-order valence-electron chi connectivity index (χ3n) is 3.97. The van der Waals surface area contributed by atoms with Crippen LogP contribution in [0.3, 0.4) is 0 Å². The van der Waals surface area contributed by atoms with Crippen molar-refractivity contribution in [2.45, 2.75) is 51.4 Å². The van der Waals surface area contributed by atoms with Crippen molar-refractivity contribution in [2.75, 3.05) is 19.7 Å². The first-order chi connectivity index (χ1) is 9.79. The standard InChI is InChI=1S/C17H26FNO/c1-2-3-4-5-10-20-17-12-15(11-16(18)13-17)14-6-8-19-9-7-14/h11-14,19H,2-10H2,1H3. The Labute approximate surface area is 121 Å². The smallest absolute Gasteiger partial charge is 0.127 e. The van der Waals surface area contributed by atoms with E-state index in [1.54, 1.807) is 6.07 Å². The van der Waals surface area contributed by atoms with Crippen LogP contribution < -0.4 is 10.1 Å². The molecule has 1 heterocycles. The van der Waals surface area contributed by atoms with E-state index in [-0.39, 0.29) is 5.82 Å². The van der Waals surface area contributed by atoms with Gasteiger partial charge in [0.1, 0.15) is 11.6 Å². The number of hydrogen-bond acceptors (Lipinski definition) is 2. The van der Waals surface area contributed by atoms with Crippen molar-refractivity contribution in [3.05, 3.63) is 29.6 Å². The minimum atomic E-state index is -0.176. The highest BCUT2D eigenvalue weighted by Gasteiger charge is 2.16. The number of benzene rings is 1. The molecule has 0 radical (unpaired) electrons. The third kappa shape index (κ3) is 4.78. The lowest BCUT2D eigenvalue weighted by Gasteiger charge is -2.23. The SMILES string of the molecule is CCCCCCOc1cc(F)cc(C2CCNCC2)c1. The molecule has 1 saturated heterocycles. The first kappa shape index (κ1) is 15.3. The molecule has 1 fully saturated rings. The normalized spacial score (nSPS) is 16.3. The monoisotopic (exact) mass is 279 g/mol. The summed E-state index contributed by atoms with van der Waals surface area (Å²) < 4.78 is 19.4. The van der Waals surface area contributed by atoms with E-state index in [4.69, 9.17) is 4.74 Å². The molecule has 0 aromatic heterocycles. The van der Waals surface area contributed by atoms with Gasteiger partial charge in [0.2, 0.25) is 0 Å². The van der Waals surface area contributed by atoms with Crippen molar-refractivity contribution in [1.29, 1.82) is 0 Å². The van der Waals surface area contributed by atoms with Crippen LogP contribution >= 0.6 is 0 Å². The number of piperidine rings is 1. The molecule has 0 saturated carbocycles. The molecule has 112 valence electrons.